The van der Waals surface area contributed by atoms with Crippen LogP contribution in [-0.4, -0.2) is 55.5 Å². The van der Waals surface area contributed by atoms with E-state index in [1.165, 1.54) is 14.2 Å². The van der Waals surface area contributed by atoms with Crippen molar-refractivity contribution in [1.29, 1.82) is 0 Å². The highest BCUT2D eigenvalue weighted by Crippen LogP contribution is 2.46. The molecule has 0 saturated carbocycles. The van der Waals surface area contributed by atoms with Crippen LogP contribution in [-0.2, 0) is 4.74 Å². The second-order valence-corrected chi connectivity index (χ2v) is 7.84. The Bertz CT molecular complexity index is 1080. The lowest BCUT2D eigenvalue weighted by Gasteiger charge is -2.23. The van der Waals surface area contributed by atoms with E-state index in [1.54, 1.807) is 19.3 Å². The van der Waals surface area contributed by atoms with Crippen LogP contribution in [0.15, 0.2) is 18.3 Å². The van der Waals surface area contributed by atoms with E-state index in [2.05, 4.69) is 20.6 Å². The maximum atomic E-state index is 6.58. The van der Waals surface area contributed by atoms with Crippen molar-refractivity contribution in [3.05, 3.63) is 28.4 Å². The number of hydrogen-bond acceptors (Lipinski definition) is 8. The summed E-state index contributed by atoms with van der Waals surface area (Å²) in [6.45, 7) is 1.44. The molecule has 164 valence electrons. The van der Waals surface area contributed by atoms with Gasteiger partial charge in [0.2, 0.25) is 5.95 Å². The number of methoxy groups -OCH3 is 2. The highest BCUT2D eigenvalue weighted by Gasteiger charge is 2.22. The van der Waals surface area contributed by atoms with Gasteiger partial charge in [0, 0.05) is 36.9 Å². The summed E-state index contributed by atoms with van der Waals surface area (Å²) >= 11 is 13.2. The smallest absolute Gasteiger partial charge is 0.223 e. The van der Waals surface area contributed by atoms with Gasteiger partial charge in [-0.15, -0.1) is 0 Å². The molecular formula is C21H23Cl2N5O3. The molecule has 1 aliphatic rings. The topological polar surface area (TPSA) is 90.4 Å². The SMILES string of the molecule is CNc1nc(-c2c(Cl)c(OC)cc(OC)c2Cl)cc2cnc(NC3CCCOC3)nc12. The van der Waals surface area contributed by atoms with E-state index in [0.717, 1.165) is 24.8 Å². The molecule has 3 aromatic rings. The van der Waals surface area contributed by atoms with Crippen LogP contribution >= 0.6 is 23.2 Å². The van der Waals surface area contributed by atoms with E-state index < -0.39 is 0 Å². The Morgan fingerprint density at radius 1 is 1.10 bits per heavy atom. The summed E-state index contributed by atoms with van der Waals surface area (Å²) in [7, 11) is 4.85. The highest BCUT2D eigenvalue weighted by molar-refractivity contribution is 6.41. The Hall–Kier alpha value is -2.55. The van der Waals surface area contributed by atoms with Crippen LogP contribution in [0.2, 0.25) is 10.0 Å². The summed E-state index contributed by atoms with van der Waals surface area (Å²) in [6, 6.07) is 3.68. The zero-order valence-electron chi connectivity index (χ0n) is 17.5. The molecule has 1 fully saturated rings. The maximum absolute atomic E-state index is 6.58. The minimum atomic E-state index is 0.193. The minimum Gasteiger partial charge on any atom is -0.495 e. The fraction of sp³-hybridized carbons (Fsp3) is 0.381. The largest absolute Gasteiger partial charge is 0.495 e. The molecule has 1 unspecified atom stereocenters. The normalized spacial score (nSPS) is 16.2. The van der Waals surface area contributed by atoms with E-state index in [-0.39, 0.29) is 6.04 Å². The molecular weight excluding hydrogens is 441 g/mol. The molecule has 0 spiro atoms. The Morgan fingerprint density at radius 2 is 1.84 bits per heavy atom. The van der Waals surface area contributed by atoms with E-state index in [9.17, 15) is 0 Å². The fourth-order valence-electron chi connectivity index (χ4n) is 3.56. The van der Waals surface area contributed by atoms with Crippen LogP contribution in [0.3, 0.4) is 0 Å². The number of fused-ring (bicyclic) bond motifs is 1. The lowest BCUT2D eigenvalue weighted by Crippen LogP contribution is -2.30. The molecule has 10 heteroatoms. The predicted octanol–water partition coefficient (Wildman–Crippen LogP) is 4.65. The van der Waals surface area contributed by atoms with Crippen LogP contribution in [0.4, 0.5) is 11.8 Å². The van der Waals surface area contributed by atoms with Gasteiger partial charge in [0.15, 0.2) is 5.82 Å². The van der Waals surface area contributed by atoms with E-state index >= 15 is 0 Å². The molecule has 0 bridgehead atoms. The highest BCUT2D eigenvalue weighted by atomic mass is 35.5. The van der Waals surface area contributed by atoms with E-state index in [1.807, 2.05) is 6.07 Å². The molecule has 1 aromatic carbocycles. The van der Waals surface area contributed by atoms with E-state index in [4.69, 9.17) is 42.4 Å². The number of nitrogens with zero attached hydrogens (tertiary/aromatic N) is 3. The molecule has 2 aromatic heterocycles. The summed E-state index contributed by atoms with van der Waals surface area (Å²) in [5.41, 5.74) is 1.75. The van der Waals surface area contributed by atoms with Crippen molar-refractivity contribution >= 4 is 45.9 Å². The van der Waals surface area contributed by atoms with Crippen molar-refractivity contribution in [3.63, 3.8) is 0 Å². The van der Waals surface area contributed by atoms with Crippen LogP contribution in [0.25, 0.3) is 22.2 Å². The molecule has 0 aliphatic carbocycles. The van der Waals surface area contributed by atoms with Crippen molar-refractivity contribution in [3.8, 4) is 22.8 Å². The Kier molecular flexibility index (Phi) is 6.50. The van der Waals surface area contributed by atoms with Gasteiger partial charge in [0.05, 0.1) is 42.6 Å². The molecule has 3 heterocycles. The Morgan fingerprint density at radius 3 is 2.45 bits per heavy atom. The van der Waals surface area contributed by atoms with Crippen molar-refractivity contribution in [1.82, 2.24) is 15.0 Å². The molecule has 0 amide bonds. The lowest BCUT2D eigenvalue weighted by molar-refractivity contribution is 0.0874. The molecule has 31 heavy (non-hydrogen) atoms. The van der Waals surface area contributed by atoms with Crippen molar-refractivity contribution < 1.29 is 14.2 Å². The number of ether oxygens (including phenoxy) is 3. The van der Waals surface area contributed by atoms with Gasteiger partial charge in [0.25, 0.3) is 0 Å². The predicted molar refractivity (Wildman–Crippen MR) is 123 cm³/mol. The summed E-state index contributed by atoms with van der Waals surface area (Å²) in [4.78, 5) is 13.9. The van der Waals surface area contributed by atoms with Crippen molar-refractivity contribution in [2.45, 2.75) is 18.9 Å². The van der Waals surface area contributed by atoms with Gasteiger partial charge in [0.1, 0.15) is 17.0 Å². The molecule has 0 radical (unpaired) electrons. The number of benzene rings is 1. The molecule has 1 aliphatic heterocycles. The van der Waals surface area contributed by atoms with Gasteiger partial charge in [-0.3, -0.25) is 0 Å². The monoisotopic (exact) mass is 463 g/mol. The fourth-order valence-corrected chi connectivity index (χ4v) is 4.25. The van der Waals surface area contributed by atoms with Crippen LogP contribution < -0.4 is 20.1 Å². The first-order chi connectivity index (χ1) is 15.0. The van der Waals surface area contributed by atoms with Gasteiger partial charge in [-0.25, -0.2) is 15.0 Å². The molecule has 1 atom stereocenters. The summed E-state index contributed by atoms with van der Waals surface area (Å²) < 4.78 is 16.3. The first-order valence-corrected chi connectivity index (χ1v) is 10.6. The van der Waals surface area contributed by atoms with Gasteiger partial charge in [-0.2, -0.15) is 0 Å². The number of aromatic nitrogens is 3. The third kappa shape index (κ3) is 4.28. The van der Waals surface area contributed by atoms with Gasteiger partial charge < -0.3 is 24.8 Å². The quantitative estimate of drug-likeness (QED) is 0.545. The third-order valence-electron chi connectivity index (χ3n) is 5.13. The zero-order chi connectivity index (χ0) is 22.0. The third-order valence-corrected chi connectivity index (χ3v) is 5.88. The molecule has 1 saturated heterocycles. The molecule has 2 N–H and O–H groups in total. The molecule has 4 rings (SSSR count). The Balaban J connectivity index is 1.80. The van der Waals surface area contributed by atoms with Crippen LogP contribution in [0.1, 0.15) is 12.8 Å². The first-order valence-electron chi connectivity index (χ1n) is 9.85. The summed E-state index contributed by atoms with van der Waals surface area (Å²) in [5, 5.41) is 7.92. The maximum Gasteiger partial charge on any atom is 0.223 e. The van der Waals surface area contributed by atoms with E-state index in [0.29, 0.717) is 56.7 Å². The Labute approximate surface area is 190 Å². The second-order valence-electron chi connectivity index (χ2n) is 7.08. The summed E-state index contributed by atoms with van der Waals surface area (Å²) in [5.74, 6) is 1.99. The van der Waals surface area contributed by atoms with Gasteiger partial charge in [-0.05, 0) is 18.9 Å². The average molecular weight is 464 g/mol. The first kappa shape index (κ1) is 21.7. The number of anilines is 2. The lowest BCUT2D eigenvalue weighted by atomic mass is 10.1. The second kappa shape index (κ2) is 9.30. The number of rotatable bonds is 6. The number of halogens is 2. The van der Waals surface area contributed by atoms with Crippen molar-refractivity contribution in [2.24, 2.45) is 0 Å². The van der Waals surface area contributed by atoms with Crippen molar-refractivity contribution in [2.75, 3.05) is 45.1 Å². The summed E-state index contributed by atoms with van der Waals surface area (Å²) in [6.07, 6.45) is 3.79. The number of nitrogens with one attached hydrogen (secondary N) is 2. The van der Waals surface area contributed by atoms with Gasteiger partial charge in [-0.1, -0.05) is 23.2 Å². The van der Waals surface area contributed by atoms with Gasteiger partial charge >= 0.3 is 0 Å². The number of hydrogen-bond donors (Lipinski definition) is 2. The standard InChI is InChI=1S/C21H23Cl2N5O3/c1-24-20-19-11(9-25-21(28-19)26-12-5-4-6-31-10-12)7-13(27-20)16-17(22)14(29-2)8-15(30-3)18(16)23/h7-9,12H,4-6,10H2,1-3H3,(H,24,27)(H,25,26,28). The average Bonchev–Trinajstić information content (AvgIpc) is 2.79. The number of pyridine rings is 1. The minimum absolute atomic E-state index is 0.193. The zero-order valence-corrected chi connectivity index (χ0v) is 19.0. The van der Waals surface area contributed by atoms with Crippen LogP contribution in [0.5, 0.6) is 11.5 Å². The van der Waals surface area contributed by atoms with Crippen LogP contribution in [0, 0.1) is 0 Å². The molecule has 8 nitrogen and oxygen atoms in total.